The van der Waals surface area contributed by atoms with Gasteiger partial charge in [0.2, 0.25) is 5.89 Å². The summed E-state index contributed by atoms with van der Waals surface area (Å²) < 4.78 is 22.5. The second-order valence-corrected chi connectivity index (χ2v) is 6.27. The van der Waals surface area contributed by atoms with Gasteiger partial charge in [0, 0.05) is 4.47 Å². The van der Waals surface area contributed by atoms with Crippen LogP contribution in [-0.4, -0.2) is 29.4 Å². The number of hydrogen-bond acceptors (Lipinski definition) is 7. The molecule has 8 heteroatoms. The first-order valence-electron chi connectivity index (χ1n) is 7.85. The van der Waals surface area contributed by atoms with Gasteiger partial charge in [-0.2, -0.15) is 0 Å². The van der Waals surface area contributed by atoms with Crippen LogP contribution in [0.25, 0.3) is 11.5 Å². The lowest BCUT2D eigenvalue weighted by molar-refractivity contribution is 0.0437. The van der Waals surface area contributed by atoms with E-state index < -0.39 is 5.97 Å². The molecule has 7 nitrogen and oxygen atoms in total. The van der Waals surface area contributed by atoms with Crippen molar-refractivity contribution >= 4 is 21.9 Å². The Kier molecular flexibility index (Phi) is 4.57. The first-order valence-corrected chi connectivity index (χ1v) is 8.64. The third-order valence-corrected chi connectivity index (χ3v) is 4.37. The van der Waals surface area contributed by atoms with Crippen LogP contribution in [0.3, 0.4) is 0 Å². The van der Waals surface area contributed by atoms with Gasteiger partial charge in [-0.25, -0.2) is 4.79 Å². The van der Waals surface area contributed by atoms with E-state index in [0.29, 0.717) is 36.2 Å². The van der Waals surface area contributed by atoms with Crippen molar-refractivity contribution in [2.45, 2.75) is 6.61 Å². The van der Waals surface area contributed by atoms with Crippen LogP contribution in [0.15, 0.2) is 51.4 Å². The van der Waals surface area contributed by atoms with Crippen molar-refractivity contribution in [1.82, 2.24) is 10.2 Å². The molecule has 0 atom stereocenters. The van der Waals surface area contributed by atoms with Gasteiger partial charge >= 0.3 is 5.97 Å². The Morgan fingerprint density at radius 2 is 1.88 bits per heavy atom. The Hall–Kier alpha value is -2.87. The second-order valence-electron chi connectivity index (χ2n) is 5.42. The van der Waals surface area contributed by atoms with Crippen LogP contribution >= 0.6 is 15.9 Å². The van der Waals surface area contributed by atoms with E-state index in [1.54, 1.807) is 18.2 Å². The molecule has 0 saturated heterocycles. The summed E-state index contributed by atoms with van der Waals surface area (Å²) in [6.45, 7) is 0.823. The smallest absolute Gasteiger partial charge is 0.338 e. The minimum absolute atomic E-state index is 0.120. The van der Waals surface area contributed by atoms with Crippen molar-refractivity contribution in [3.63, 3.8) is 0 Å². The normalized spacial score (nSPS) is 12.7. The summed E-state index contributed by atoms with van der Waals surface area (Å²) in [6, 6.07) is 12.4. The summed E-state index contributed by atoms with van der Waals surface area (Å²) in [5.74, 6) is 1.19. The lowest BCUT2D eigenvalue weighted by Crippen LogP contribution is -2.16. The van der Waals surface area contributed by atoms with E-state index in [9.17, 15) is 4.79 Å². The number of ether oxygens (including phenoxy) is 3. The molecule has 26 heavy (non-hydrogen) atoms. The molecule has 0 spiro atoms. The monoisotopic (exact) mass is 416 g/mol. The quantitative estimate of drug-likeness (QED) is 0.600. The van der Waals surface area contributed by atoms with E-state index in [4.69, 9.17) is 18.6 Å². The first kappa shape index (κ1) is 16.6. The van der Waals surface area contributed by atoms with Gasteiger partial charge in [0.05, 0.1) is 11.1 Å². The molecule has 2 heterocycles. The highest BCUT2D eigenvalue weighted by Gasteiger charge is 2.17. The van der Waals surface area contributed by atoms with Crippen LogP contribution in [0.2, 0.25) is 0 Å². The summed E-state index contributed by atoms with van der Waals surface area (Å²) in [5, 5.41) is 7.89. The molecule has 1 aromatic heterocycles. The number of rotatable bonds is 4. The van der Waals surface area contributed by atoms with Crippen molar-refractivity contribution in [1.29, 1.82) is 0 Å². The van der Waals surface area contributed by atoms with Gasteiger partial charge < -0.3 is 18.6 Å². The van der Waals surface area contributed by atoms with E-state index in [1.807, 2.05) is 24.3 Å². The van der Waals surface area contributed by atoms with Gasteiger partial charge in [0.1, 0.15) is 13.2 Å². The summed E-state index contributed by atoms with van der Waals surface area (Å²) in [6.07, 6.45) is 0. The molecule has 2 aromatic carbocycles. The third kappa shape index (κ3) is 3.41. The highest BCUT2D eigenvalue weighted by molar-refractivity contribution is 9.10. The Labute approximate surface area is 157 Å². The largest absolute Gasteiger partial charge is 0.486 e. The van der Waals surface area contributed by atoms with Gasteiger partial charge in [-0.05, 0) is 46.3 Å². The summed E-state index contributed by atoms with van der Waals surface area (Å²) in [7, 11) is 0. The standard InChI is InChI=1S/C18H13BrN2O5/c19-13-4-2-1-3-12(13)17-21-20-16(26-17)10-25-18(22)11-5-6-14-15(9-11)24-8-7-23-14/h1-6,9H,7-8,10H2. The van der Waals surface area contributed by atoms with E-state index in [-0.39, 0.29) is 12.5 Å². The number of aromatic nitrogens is 2. The molecule has 3 aromatic rings. The Morgan fingerprint density at radius 3 is 2.73 bits per heavy atom. The molecule has 132 valence electrons. The van der Waals surface area contributed by atoms with Crippen molar-refractivity contribution in [3.8, 4) is 23.0 Å². The summed E-state index contributed by atoms with van der Waals surface area (Å²) in [5.41, 5.74) is 1.13. The first-order chi connectivity index (χ1) is 12.7. The number of nitrogens with zero attached hydrogens (tertiary/aromatic N) is 2. The van der Waals surface area contributed by atoms with Gasteiger partial charge in [-0.3, -0.25) is 0 Å². The fraction of sp³-hybridized carbons (Fsp3) is 0.167. The van der Waals surface area contributed by atoms with E-state index in [0.717, 1.165) is 10.0 Å². The number of carbonyl (C=O) groups excluding carboxylic acids is 1. The average Bonchev–Trinajstić information content (AvgIpc) is 3.15. The third-order valence-electron chi connectivity index (χ3n) is 3.68. The topological polar surface area (TPSA) is 83.7 Å². The Balaban J connectivity index is 1.43. The van der Waals surface area contributed by atoms with Gasteiger partial charge in [0.15, 0.2) is 18.1 Å². The Morgan fingerprint density at radius 1 is 1.08 bits per heavy atom. The maximum atomic E-state index is 12.2. The van der Waals surface area contributed by atoms with Crippen LogP contribution in [-0.2, 0) is 11.3 Å². The molecule has 1 aliphatic heterocycles. The molecule has 0 bridgehead atoms. The summed E-state index contributed by atoms with van der Waals surface area (Å²) >= 11 is 3.43. The average molecular weight is 417 g/mol. The fourth-order valence-corrected chi connectivity index (χ4v) is 2.89. The molecular formula is C18H13BrN2O5. The number of hydrogen-bond donors (Lipinski definition) is 0. The van der Waals surface area contributed by atoms with Crippen LogP contribution in [0.5, 0.6) is 11.5 Å². The van der Waals surface area contributed by atoms with Gasteiger partial charge in [-0.15, -0.1) is 10.2 Å². The lowest BCUT2D eigenvalue weighted by atomic mass is 10.2. The number of benzene rings is 2. The zero-order chi connectivity index (χ0) is 17.9. The van der Waals surface area contributed by atoms with Crippen LogP contribution < -0.4 is 9.47 Å². The van der Waals surface area contributed by atoms with Gasteiger partial charge in [0.25, 0.3) is 5.89 Å². The molecule has 1 aliphatic rings. The molecule has 0 saturated carbocycles. The fourth-order valence-electron chi connectivity index (χ4n) is 2.44. The van der Waals surface area contributed by atoms with Gasteiger partial charge in [-0.1, -0.05) is 12.1 Å². The molecule has 0 amide bonds. The van der Waals surface area contributed by atoms with E-state index in [2.05, 4.69) is 26.1 Å². The molecular weight excluding hydrogens is 404 g/mol. The van der Waals surface area contributed by atoms with E-state index >= 15 is 0 Å². The van der Waals surface area contributed by atoms with Crippen molar-refractivity contribution < 1.29 is 23.4 Å². The van der Waals surface area contributed by atoms with Crippen LogP contribution in [0, 0.1) is 0 Å². The van der Waals surface area contributed by atoms with E-state index in [1.165, 1.54) is 0 Å². The number of carbonyl (C=O) groups is 1. The second kappa shape index (κ2) is 7.17. The van der Waals surface area contributed by atoms with Crippen molar-refractivity contribution in [2.75, 3.05) is 13.2 Å². The minimum atomic E-state index is -0.511. The predicted molar refractivity (Wildman–Crippen MR) is 94.0 cm³/mol. The lowest BCUT2D eigenvalue weighted by Gasteiger charge is -2.18. The molecule has 0 N–H and O–H groups in total. The molecule has 0 unspecified atom stereocenters. The number of esters is 1. The number of fused-ring (bicyclic) bond motifs is 1. The molecule has 0 fully saturated rings. The SMILES string of the molecule is O=C(OCc1nnc(-c2ccccc2Br)o1)c1ccc2c(c1)OCCO2. The Bertz CT molecular complexity index is 956. The van der Waals surface area contributed by atoms with Crippen LogP contribution in [0.4, 0.5) is 0 Å². The molecule has 0 aliphatic carbocycles. The summed E-state index contributed by atoms with van der Waals surface area (Å²) in [4.78, 5) is 12.2. The molecule has 0 radical (unpaired) electrons. The minimum Gasteiger partial charge on any atom is -0.486 e. The zero-order valence-corrected chi connectivity index (χ0v) is 15.1. The maximum absolute atomic E-state index is 12.2. The predicted octanol–water partition coefficient (Wildman–Crippen LogP) is 3.63. The molecule has 4 rings (SSSR count). The highest BCUT2D eigenvalue weighted by atomic mass is 79.9. The van der Waals surface area contributed by atoms with Crippen molar-refractivity contribution in [2.24, 2.45) is 0 Å². The highest BCUT2D eigenvalue weighted by Crippen LogP contribution is 2.31. The number of halogens is 1. The van der Waals surface area contributed by atoms with Crippen molar-refractivity contribution in [3.05, 3.63) is 58.4 Å². The zero-order valence-electron chi connectivity index (χ0n) is 13.5. The van der Waals surface area contributed by atoms with Crippen LogP contribution in [0.1, 0.15) is 16.2 Å². The maximum Gasteiger partial charge on any atom is 0.338 e.